The summed E-state index contributed by atoms with van der Waals surface area (Å²) in [6, 6.07) is 0. The van der Waals surface area contributed by atoms with E-state index in [0.717, 1.165) is 17.4 Å². The molecule has 0 N–H and O–H groups in total. The number of ether oxygens (including phenoxy) is 1. The van der Waals surface area contributed by atoms with Crippen molar-refractivity contribution in [3.05, 3.63) is 0 Å². The van der Waals surface area contributed by atoms with Gasteiger partial charge in [0.2, 0.25) is 0 Å². The third kappa shape index (κ3) is 7.02. The first-order valence-corrected chi connectivity index (χ1v) is 5.39. The molecule has 0 saturated heterocycles. The second-order valence-corrected chi connectivity index (χ2v) is 5.16. The topological polar surface area (TPSA) is 26.3 Å². The maximum atomic E-state index is 11.2. The molecular weight excluding hydrogens is 234 g/mol. The molecule has 1 atom stereocenters. The fraction of sp³-hybridized carbons (Fsp3) is 0.889. The molecule has 0 spiro atoms. The maximum Gasteiger partial charge on any atom is 0.319 e. The highest BCUT2D eigenvalue weighted by Gasteiger charge is 2.15. The van der Waals surface area contributed by atoms with Crippen LogP contribution in [0.5, 0.6) is 0 Å². The van der Waals surface area contributed by atoms with E-state index in [0.29, 0.717) is 6.61 Å². The van der Waals surface area contributed by atoms with E-state index in [4.69, 9.17) is 4.74 Å². The summed E-state index contributed by atoms with van der Waals surface area (Å²) in [6.07, 6.45) is 0.767. The fourth-order valence-electron chi connectivity index (χ4n) is 0.677. The number of nitrogens with zero attached hydrogens (tertiary/aromatic N) is 1. The highest BCUT2D eigenvalue weighted by atomic mass is 79.9. The monoisotopic (exact) mass is 252 g/mol. The van der Waals surface area contributed by atoms with E-state index in [2.05, 4.69) is 37.1 Å². The number of rotatable bonds is 5. The van der Waals surface area contributed by atoms with Crippen molar-refractivity contribution in [3.8, 4) is 0 Å². The summed E-state index contributed by atoms with van der Waals surface area (Å²) in [5, 5.41) is 0. The van der Waals surface area contributed by atoms with Gasteiger partial charge >= 0.3 is 5.97 Å². The molecule has 0 rings (SSSR count). The molecule has 1 unspecified atom stereocenters. The van der Waals surface area contributed by atoms with E-state index in [1.54, 1.807) is 0 Å². The van der Waals surface area contributed by atoms with Crippen molar-refractivity contribution in [2.45, 2.75) is 18.2 Å². The second kappa shape index (κ2) is 5.60. The Labute approximate surface area is 88.8 Å². The molecule has 0 aliphatic carbocycles. The zero-order valence-electron chi connectivity index (χ0n) is 8.84. The average Bonchev–Trinajstić information content (AvgIpc) is 2.00. The van der Waals surface area contributed by atoms with Gasteiger partial charge in [-0.1, -0.05) is 22.9 Å². The first-order chi connectivity index (χ1) is 5.87. The molecule has 78 valence electrons. The molecule has 4 heteroatoms. The first kappa shape index (κ1) is 12.9. The van der Waals surface area contributed by atoms with Gasteiger partial charge in [0.15, 0.2) is 0 Å². The van der Waals surface area contributed by atoms with Crippen LogP contribution in [0.4, 0.5) is 0 Å². The van der Waals surface area contributed by atoms with Gasteiger partial charge in [-0.3, -0.25) is 4.79 Å². The molecule has 13 heavy (non-hydrogen) atoms. The Balaban J connectivity index is 3.60. The summed E-state index contributed by atoms with van der Waals surface area (Å²) in [4.78, 5) is 11.0. The minimum absolute atomic E-state index is 0.153. The molecule has 0 radical (unpaired) electrons. The Morgan fingerprint density at radius 1 is 1.46 bits per heavy atom. The van der Waals surface area contributed by atoms with Crippen molar-refractivity contribution in [2.75, 3.05) is 34.3 Å². The van der Waals surface area contributed by atoms with Crippen LogP contribution in [-0.4, -0.2) is 49.6 Å². The quantitative estimate of drug-likeness (QED) is 0.420. The molecule has 3 nitrogen and oxygen atoms in total. The van der Waals surface area contributed by atoms with Gasteiger partial charge in [-0.2, -0.15) is 0 Å². The molecule has 0 aromatic carbocycles. The lowest BCUT2D eigenvalue weighted by Crippen LogP contribution is -2.38. The number of likely N-dealkylation sites (N-methyl/N-ethyl adjacent to an activating group) is 1. The predicted octanol–water partition coefficient (Wildman–Crippen LogP) is 1.41. The molecule has 0 heterocycles. The zero-order valence-corrected chi connectivity index (χ0v) is 10.4. The Morgan fingerprint density at radius 3 is 2.38 bits per heavy atom. The van der Waals surface area contributed by atoms with Crippen LogP contribution in [0.15, 0.2) is 0 Å². The SMILES string of the molecule is CCC(Br)C(=O)OCC[N+](C)(C)C. The number of hydrogen-bond acceptors (Lipinski definition) is 2. The van der Waals surface area contributed by atoms with Gasteiger partial charge in [0.25, 0.3) is 0 Å². The van der Waals surface area contributed by atoms with Crippen molar-refractivity contribution in [1.82, 2.24) is 0 Å². The van der Waals surface area contributed by atoms with Crippen molar-refractivity contribution in [1.29, 1.82) is 0 Å². The fourth-order valence-corrected chi connectivity index (χ4v) is 0.809. The first-order valence-electron chi connectivity index (χ1n) is 4.48. The van der Waals surface area contributed by atoms with Crippen LogP contribution in [0.1, 0.15) is 13.3 Å². The smallest absolute Gasteiger partial charge is 0.319 e. The van der Waals surface area contributed by atoms with Gasteiger partial charge in [0.05, 0.1) is 21.1 Å². The van der Waals surface area contributed by atoms with E-state index in [1.807, 2.05) is 6.92 Å². The van der Waals surface area contributed by atoms with E-state index in [9.17, 15) is 4.79 Å². The molecule has 0 fully saturated rings. The van der Waals surface area contributed by atoms with Gasteiger partial charge in [0, 0.05) is 0 Å². The molecule has 0 saturated carbocycles. The largest absolute Gasteiger partial charge is 0.459 e. The average molecular weight is 253 g/mol. The maximum absolute atomic E-state index is 11.2. The van der Waals surface area contributed by atoms with Crippen molar-refractivity contribution in [3.63, 3.8) is 0 Å². The summed E-state index contributed by atoms with van der Waals surface area (Å²) in [5.41, 5.74) is 0. The molecule has 0 aromatic rings. The summed E-state index contributed by atoms with van der Waals surface area (Å²) in [7, 11) is 6.21. The minimum atomic E-state index is -0.157. The Hall–Kier alpha value is -0.0900. The summed E-state index contributed by atoms with van der Waals surface area (Å²) in [5.74, 6) is -0.157. The predicted molar refractivity (Wildman–Crippen MR) is 56.9 cm³/mol. The van der Waals surface area contributed by atoms with Gasteiger partial charge in [-0.05, 0) is 6.42 Å². The normalized spacial score (nSPS) is 13.9. The molecule has 0 aromatic heterocycles. The Morgan fingerprint density at radius 2 is 2.00 bits per heavy atom. The molecule has 0 bridgehead atoms. The lowest BCUT2D eigenvalue weighted by atomic mass is 10.3. The van der Waals surface area contributed by atoms with E-state index < -0.39 is 0 Å². The van der Waals surface area contributed by atoms with Gasteiger partial charge < -0.3 is 9.22 Å². The van der Waals surface area contributed by atoms with Gasteiger partial charge in [0.1, 0.15) is 18.0 Å². The Kier molecular flexibility index (Phi) is 5.56. The standard InChI is InChI=1S/C9H19BrNO2/c1-5-8(10)9(12)13-7-6-11(2,3)4/h8H,5-7H2,1-4H3/q+1. The number of halogens is 1. The number of carbonyl (C=O) groups excluding carboxylic acids is 1. The van der Waals surface area contributed by atoms with Crippen LogP contribution in [-0.2, 0) is 9.53 Å². The summed E-state index contributed by atoms with van der Waals surface area (Å²) >= 11 is 3.24. The van der Waals surface area contributed by atoms with Crippen molar-refractivity contribution < 1.29 is 14.0 Å². The number of alkyl halides is 1. The summed E-state index contributed by atoms with van der Waals surface area (Å²) < 4.78 is 5.88. The third-order valence-corrected chi connectivity index (χ3v) is 2.64. The number of quaternary nitrogens is 1. The van der Waals surface area contributed by atoms with Gasteiger partial charge in [-0.15, -0.1) is 0 Å². The van der Waals surface area contributed by atoms with Crippen LogP contribution in [0.25, 0.3) is 0 Å². The molecule has 0 aliphatic rings. The van der Waals surface area contributed by atoms with Crippen LogP contribution >= 0.6 is 15.9 Å². The Bertz CT molecular complexity index is 165. The van der Waals surface area contributed by atoms with Crippen LogP contribution < -0.4 is 0 Å². The van der Waals surface area contributed by atoms with Gasteiger partial charge in [-0.25, -0.2) is 0 Å². The zero-order chi connectivity index (χ0) is 10.5. The highest BCUT2D eigenvalue weighted by molar-refractivity contribution is 9.10. The summed E-state index contributed by atoms with van der Waals surface area (Å²) in [6.45, 7) is 3.28. The van der Waals surface area contributed by atoms with E-state index >= 15 is 0 Å². The van der Waals surface area contributed by atoms with E-state index in [-0.39, 0.29) is 10.8 Å². The van der Waals surface area contributed by atoms with Crippen molar-refractivity contribution >= 4 is 21.9 Å². The minimum Gasteiger partial charge on any atom is -0.459 e. The lowest BCUT2D eigenvalue weighted by molar-refractivity contribution is -0.870. The van der Waals surface area contributed by atoms with Crippen LogP contribution in [0, 0.1) is 0 Å². The molecular formula is C9H19BrNO2+. The number of hydrogen-bond donors (Lipinski definition) is 0. The lowest BCUT2D eigenvalue weighted by Gasteiger charge is -2.23. The van der Waals surface area contributed by atoms with E-state index in [1.165, 1.54) is 0 Å². The number of carbonyl (C=O) groups is 1. The molecule has 0 aliphatic heterocycles. The van der Waals surface area contributed by atoms with Crippen LogP contribution in [0.3, 0.4) is 0 Å². The van der Waals surface area contributed by atoms with Crippen molar-refractivity contribution in [2.24, 2.45) is 0 Å². The third-order valence-electron chi connectivity index (χ3n) is 1.62. The number of esters is 1. The highest BCUT2D eigenvalue weighted by Crippen LogP contribution is 2.06. The molecule has 0 amide bonds. The second-order valence-electron chi connectivity index (χ2n) is 4.06. The van der Waals surface area contributed by atoms with Crippen LogP contribution in [0.2, 0.25) is 0 Å².